The van der Waals surface area contributed by atoms with Gasteiger partial charge in [0, 0.05) is 13.0 Å². The molecule has 0 spiro atoms. The van der Waals surface area contributed by atoms with Crippen molar-refractivity contribution >= 4 is 13.7 Å². The maximum atomic E-state index is 12.6. The number of nitrogens with two attached hydrogens (primary N) is 1. The van der Waals surface area contributed by atoms with Crippen molar-refractivity contribution in [1.29, 1.82) is 0 Å². The molecule has 1 amide bonds. The molecule has 0 aliphatic carbocycles. The Hall–Kier alpha value is -0.500. The molecule has 0 fully saturated rings. The van der Waals surface area contributed by atoms with Gasteiger partial charge >= 0.3 is 7.82 Å². The molecule has 0 rings (SSSR count). The van der Waals surface area contributed by atoms with Crippen molar-refractivity contribution in [2.45, 2.75) is 193 Å². The number of aliphatic hydroxyl groups excluding tert-OH is 1. The standard InChI is InChI=1S/C34H71N2O6P/c1-3-5-7-9-11-13-15-16-18-19-21-23-25-27-33(37)32(31-42-43(39,40)41-30-29-35)36-34(38)28-26-24-22-20-17-14-12-10-8-6-4-2/h32-33,37H,3-31,35H2,1-2H3,(H,36,38)(H,39,40). The average Bonchev–Trinajstić information content (AvgIpc) is 2.99. The van der Waals surface area contributed by atoms with E-state index in [0.29, 0.717) is 12.8 Å². The Morgan fingerprint density at radius 2 is 1.07 bits per heavy atom. The minimum Gasteiger partial charge on any atom is -0.391 e. The predicted octanol–water partition coefficient (Wildman–Crippen LogP) is 9.11. The Morgan fingerprint density at radius 1 is 0.674 bits per heavy atom. The summed E-state index contributed by atoms with van der Waals surface area (Å²) in [4.78, 5) is 22.5. The fourth-order valence-electron chi connectivity index (χ4n) is 5.43. The maximum absolute atomic E-state index is 12.6. The normalized spacial score (nSPS) is 14.4. The third-order valence-electron chi connectivity index (χ3n) is 8.21. The van der Waals surface area contributed by atoms with Crippen LogP contribution in [0.3, 0.4) is 0 Å². The fourth-order valence-corrected chi connectivity index (χ4v) is 6.19. The Labute approximate surface area is 265 Å². The fraction of sp³-hybridized carbons (Fsp3) is 0.971. The van der Waals surface area contributed by atoms with Crippen LogP contribution >= 0.6 is 7.82 Å². The molecule has 0 aromatic heterocycles. The zero-order valence-corrected chi connectivity index (χ0v) is 29.1. The van der Waals surface area contributed by atoms with E-state index in [1.54, 1.807) is 0 Å². The summed E-state index contributed by atoms with van der Waals surface area (Å²) in [5.74, 6) is -0.162. The number of hydrogen-bond donors (Lipinski definition) is 4. The molecule has 0 saturated carbocycles. The molecular weight excluding hydrogens is 563 g/mol. The van der Waals surface area contributed by atoms with E-state index in [1.807, 2.05) is 0 Å². The zero-order valence-electron chi connectivity index (χ0n) is 28.2. The summed E-state index contributed by atoms with van der Waals surface area (Å²) in [5, 5.41) is 13.7. The van der Waals surface area contributed by atoms with Crippen LogP contribution in [0.1, 0.15) is 181 Å². The van der Waals surface area contributed by atoms with E-state index in [0.717, 1.165) is 38.5 Å². The molecule has 0 aliphatic rings. The highest BCUT2D eigenvalue weighted by Gasteiger charge is 2.27. The van der Waals surface area contributed by atoms with Gasteiger partial charge in [-0.05, 0) is 12.8 Å². The lowest BCUT2D eigenvalue weighted by atomic mass is 10.0. The van der Waals surface area contributed by atoms with Gasteiger partial charge in [0.05, 0.1) is 25.4 Å². The number of aliphatic hydroxyl groups is 1. The molecule has 3 atom stereocenters. The monoisotopic (exact) mass is 635 g/mol. The van der Waals surface area contributed by atoms with Crippen LogP contribution in [0.5, 0.6) is 0 Å². The van der Waals surface area contributed by atoms with E-state index in [2.05, 4.69) is 19.2 Å². The number of amides is 1. The topological polar surface area (TPSA) is 131 Å². The second kappa shape index (κ2) is 31.5. The van der Waals surface area contributed by atoms with Crippen molar-refractivity contribution in [2.24, 2.45) is 5.73 Å². The van der Waals surface area contributed by atoms with Crippen molar-refractivity contribution in [2.75, 3.05) is 19.8 Å². The van der Waals surface area contributed by atoms with E-state index in [1.165, 1.54) is 116 Å². The van der Waals surface area contributed by atoms with Gasteiger partial charge < -0.3 is 21.1 Å². The van der Waals surface area contributed by atoms with Gasteiger partial charge in [-0.1, -0.05) is 162 Å². The van der Waals surface area contributed by atoms with E-state index in [4.69, 9.17) is 14.8 Å². The molecule has 43 heavy (non-hydrogen) atoms. The molecule has 0 aromatic rings. The molecule has 5 N–H and O–H groups in total. The van der Waals surface area contributed by atoms with Crippen molar-refractivity contribution in [1.82, 2.24) is 5.32 Å². The summed E-state index contributed by atoms with van der Waals surface area (Å²) in [5.41, 5.74) is 5.35. The quantitative estimate of drug-likeness (QED) is 0.0410. The van der Waals surface area contributed by atoms with Crippen LogP contribution in [0.25, 0.3) is 0 Å². The predicted molar refractivity (Wildman–Crippen MR) is 180 cm³/mol. The highest BCUT2D eigenvalue weighted by Crippen LogP contribution is 2.43. The molecule has 0 heterocycles. The Kier molecular flexibility index (Phi) is 31.1. The minimum atomic E-state index is -4.30. The third kappa shape index (κ3) is 29.9. The summed E-state index contributed by atoms with van der Waals surface area (Å²) in [6.45, 7) is 4.19. The lowest BCUT2D eigenvalue weighted by Gasteiger charge is -2.25. The van der Waals surface area contributed by atoms with Gasteiger partial charge in [0.1, 0.15) is 0 Å². The second-order valence-electron chi connectivity index (χ2n) is 12.4. The molecule has 3 unspecified atom stereocenters. The Balaban J connectivity index is 4.26. The van der Waals surface area contributed by atoms with E-state index in [9.17, 15) is 19.4 Å². The van der Waals surface area contributed by atoms with Gasteiger partial charge in [0.15, 0.2) is 0 Å². The number of hydrogen-bond acceptors (Lipinski definition) is 6. The SMILES string of the molecule is CCCCCCCCCCCCCCCC(O)C(COP(=O)(O)OCCN)NC(=O)CCCCCCCCCCCCC. The van der Waals surface area contributed by atoms with Gasteiger partial charge in [-0.3, -0.25) is 13.8 Å². The van der Waals surface area contributed by atoms with Gasteiger partial charge in [-0.2, -0.15) is 0 Å². The first-order valence-electron chi connectivity index (χ1n) is 18.2. The molecule has 258 valence electrons. The molecule has 0 bridgehead atoms. The lowest BCUT2D eigenvalue weighted by molar-refractivity contribution is -0.123. The van der Waals surface area contributed by atoms with Gasteiger partial charge in [0.25, 0.3) is 0 Å². The first kappa shape index (κ1) is 42.5. The number of carbonyl (C=O) groups excluding carboxylic acids is 1. The molecule has 0 saturated heterocycles. The van der Waals surface area contributed by atoms with Gasteiger partial charge in [-0.25, -0.2) is 4.57 Å². The first-order chi connectivity index (χ1) is 20.9. The number of rotatable bonds is 34. The maximum Gasteiger partial charge on any atom is 0.472 e. The number of phosphoric ester groups is 1. The van der Waals surface area contributed by atoms with Crippen LogP contribution in [0.15, 0.2) is 0 Å². The van der Waals surface area contributed by atoms with Crippen LogP contribution in [-0.2, 0) is 18.4 Å². The smallest absolute Gasteiger partial charge is 0.391 e. The summed E-state index contributed by atoms with van der Waals surface area (Å²) < 4.78 is 22.0. The first-order valence-corrected chi connectivity index (χ1v) is 19.6. The molecule has 9 heteroatoms. The van der Waals surface area contributed by atoms with Crippen molar-refractivity contribution in [3.05, 3.63) is 0 Å². The third-order valence-corrected chi connectivity index (χ3v) is 9.20. The van der Waals surface area contributed by atoms with Crippen LogP contribution in [0.4, 0.5) is 0 Å². The number of carbonyl (C=O) groups is 1. The molecule has 0 radical (unpaired) electrons. The van der Waals surface area contributed by atoms with Gasteiger partial charge in [-0.15, -0.1) is 0 Å². The average molecular weight is 635 g/mol. The molecule has 0 aromatic carbocycles. The molecular formula is C34H71N2O6P. The highest BCUT2D eigenvalue weighted by molar-refractivity contribution is 7.47. The highest BCUT2D eigenvalue weighted by atomic mass is 31.2. The minimum absolute atomic E-state index is 0.0920. The summed E-state index contributed by atoms with van der Waals surface area (Å²) in [6.07, 6.45) is 29.6. The number of nitrogens with one attached hydrogen (secondary N) is 1. The van der Waals surface area contributed by atoms with Crippen LogP contribution in [0.2, 0.25) is 0 Å². The largest absolute Gasteiger partial charge is 0.472 e. The number of phosphoric acid groups is 1. The zero-order chi connectivity index (χ0) is 31.9. The van der Waals surface area contributed by atoms with E-state index >= 15 is 0 Å². The van der Waals surface area contributed by atoms with Crippen LogP contribution in [0, 0.1) is 0 Å². The van der Waals surface area contributed by atoms with Crippen molar-refractivity contribution in [3.8, 4) is 0 Å². The molecule has 8 nitrogen and oxygen atoms in total. The second-order valence-corrected chi connectivity index (χ2v) is 13.9. The molecule has 0 aliphatic heterocycles. The van der Waals surface area contributed by atoms with Crippen molar-refractivity contribution in [3.63, 3.8) is 0 Å². The van der Waals surface area contributed by atoms with E-state index in [-0.39, 0.29) is 25.7 Å². The summed E-state index contributed by atoms with van der Waals surface area (Å²) in [7, 11) is -4.30. The number of unbranched alkanes of at least 4 members (excludes halogenated alkanes) is 22. The van der Waals surface area contributed by atoms with Crippen LogP contribution in [-0.4, -0.2) is 47.8 Å². The lowest BCUT2D eigenvalue weighted by Crippen LogP contribution is -2.46. The Bertz CT molecular complexity index is 654. The summed E-state index contributed by atoms with van der Waals surface area (Å²) in [6, 6.07) is -0.764. The van der Waals surface area contributed by atoms with Crippen molar-refractivity contribution < 1.29 is 28.4 Å². The van der Waals surface area contributed by atoms with Gasteiger partial charge in [0.2, 0.25) is 5.91 Å². The summed E-state index contributed by atoms with van der Waals surface area (Å²) >= 11 is 0. The Morgan fingerprint density at radius 3 is 1.49 bits per heavy atom. The van der Waals surface area contributed by atoms with Crippen LogP contribution < -0.4 is 11.1 Å². The van der Waals surface area contributed by atoms with E-state index < -0.39 is 20.0 Å².